The lowest BCUT2D eigenvalue weighted by atomic mass is 9.92. The van der Waals surface area contributed by atoms with E-state index in [0.717, 1.165) is 5.25 Å². The minimum absolute atomic E-state index is 0.223. The van der Waals surface area contributed by atoms with Crippen LogP contribution in [0.15, 0.2) is 0 Å². The fraction of sp³-hybridized carbons (Fsp3) is 0.846. The van der Waals surface area contributed by atoms with E-state index in [1.165, 1.54) is 11.5 Å². The second-order valence-electron chi connectivity index (χ2n) is 5.89. The van der Waals surface area contributed by atoms with E-state index in [1.807, 2.05) is 0 Å². The van der Waals surface area contributed by atoms with Crippen molar-refractivity contribution in [1.29, 1.82) is 0 Å². The Kier molecular flexibility index (Phi) is 3.26. The molecule has 0 aliphatic carbocycles. The van der Waals surface area contributed by atoms with Crippen molar-refractivity contribution in [3.05, 3.63) is 0 Å². The highest BCUT2D eigenvalue weighted by Crippen LogP contribution is 2.30. The first-order valence-electron chi connectivity index (χ1n) is 5.42. The summed E-state index contributed by atoms with van der Waals surface area (Å²) in [6.45, 7) is 13.8. The van der Waals surface area contributed by atoms with Gasteiger partial charge in [-0.05, 0) is 52.4 Å². The number of hydrogen-bond acceptors (Lipinski definition) is 0. The molecule has 0 aromatic heterocycles. The molecular formula is C13H23S+. The van der Waals surface area contributed by atoms with Crippen LogP contribution in [-0.4, -0.2) is 16.8 Å². The molecule has 0 amide bonds. The second kappa shape index (κ2) is 3.81. The monoisotopic (exact) mass is 211 g/mol. The lowest BCUT2D eigenvalue weighted by Crippen LogP contribution is -2.33. The van der Waals surface area contributed by atoms with Crippen LogP contribution < -0.4 is 0 Å². The fourth-order valence-electron chi connectivity index (χ4n) is 1.72. The average Bonchev–Trinajstić information content (AvgIpc) is 2.08. The molecule has 0 aromatic rings. The Morgan fingerprint density at radius 1 is 0.929 bits per heavy atom. The molecule has 1 aliphatic rings. The van der Waals surface area contributed by atoms with Gasteiger partial charge in [-0.3, -0.25) is 0 Å². The third-order valence-corrected chi connectivity index (χ3v) is 6.02. The molecule has 1 heterocycles. The van der Waals surface area contributed by atoms with Crippen molar-refractivity contribution in [1.82, 2.24) is 0 Å². The highest BCUT2D eigenvalue weighted by Gasteiger charge is 2.38. The fourth-order valence-corrected chi connectivity index (χ4v) is 4.49. The molecule has 14 heavy (non-hydrogen) atoms. The second-order valence-corrected chi connectivity index (χ2v) is 8.49. The first-order valence-corrected chi connectivity index (χ1v) is 7.05. The zero-order valence-electron chi connectivity index (χ0n) is 10.4. The highest BCUT2D eigenvalue weighted by atomic mass is 32.2. The molecule has 0 spiro atoms. The summed E-state index contributed by atoms with van der Waals surface area (Å²) in [4.78, 5) is 0. The van der Waals surface area contributed by atoms with Gasteiger partial charge in [0.1, 0.15) is 16.8 Å². The minimum atomic E-state index is 0.223. The van der Waals surface area contributed by atoms with Gasteiger partial charge in [0, 0.05) is 0 Å². The van der Waals surface area contributed by atoms with Gasteiger partial charge in [-0.25, -0.2) is 0 Å². The Bertz CT molecular complexity index is 241. The van der Waals surface area contributed by atoms with E-state index in [2.05, 4.69) is 53.4 Å². The molecule has 0 fully saturated rings. The van der Waals surface area contributed by atoms with Gasteiger partial charge in [0.05, 0.1) is 10.8 Å². The standard InChI is InChI=1S/C13H23S/c1-11(2)14-9-12(3,4)7-8-13(5,6)10-14/h11H,9-10H2,1-6H3/q+1. The van der Waals surface area contributed by atoms with Crippen molar-refractivity contribution >= 4 is 10.9 Å². The summed E-state index contributed by atoms with van der Waals surface area (Å²) >= 11 is 0. The largest absolute Gasteiger partial charge is 0.124 e. The van der Waals surface area contributed by atoms with Crippen LogP contribution in [0.5, 0.6) is 0 Å². The maximum atomic E-state index is 3.45. The quantitative estimate of drug-likeness (QED) is 0.462. The predicted octanol–water partition coefficient (Wildman–Crippen LogP) is 3.08. The van der Waals surface area contributed by atoms with Gasteiger partial charge >= 0.3 is 0 Å². The van der Waals surface area contributed by atoms with Gasteiger partial charge in [0.25, 0.3) is 0 Å². The Morgan fingerprint density at radius 2 is 1.29 bits per heavy atom. The molecular weight excluding hydrogens is 188 g/mol. The van der Waals surface area contributed by atoms with Crippen LogP contribution in [0.4, 0.5) is 0 Å². The molecule has 0 N–H and O–H groups in total. The summed E-state index contributed by atoms with van der Waals surface area (Å²) in [6.07, 6.45) is 0. The Hall–Kier alpha value is -0.0900. The minimum Gasteiger partial charge on any atom is -0.0914 e. The summed E-state index contributed by atoms with van der Waals surface area (Å²) in [6, 6.07) is 0. The number of hydrogen-bond donors (Lipinski definition) is 0. The number of rotatable bonds is 1. The van der Waals surface area contributed by atoms with Gasteiger partial charge < -0.3 is 0 Å². The normalized spacial score (nSPS) is 25.4. The van der Waals surface area contributed by atoms with Gasteiger partial charge in [0.15, 0.2) is 0 Å². The third-order valence-electron chi connectivity index (χ3n) is 2.50. The van der Waals surface area contributed by atoms with Crippen molar-refractivity contribution in [3.8, 4) is 11.8 Å². The average molecular weight is 211 g/mol. The van der Waals surface area contributed by atoms with Crippen molar-refractivity contribution in [3.63, 3.8) is 0 Å². The first-order chi connectivity index (χ1) is 6.22. The van der Waals surface area contributed by atoms with Crippen LogP contribution in [0, 0.1) is 22.7 Å². The Labute approximate surface area is 92.2 Å². The molecule has 0 atom stereocenters. The molecule has 0 nitrogen and oxygen atoms in total. The smallest absolute Gasteiger partial charge is 0.0914 e. The zero-order valence-corrected chi connectivity index (χ0v) is 11.2. The van der Waals surface area contributed by atoms with E-state index in [-0.39, 0.29) is 10.8 Å². The third kappa shape index (κ3) is 3.24. The van der Waals surface area contributed by atoms with Crippen LogP contribution in [0.2, 0.25) is 0 Å². The molecule has 0 unspecified atom stereocenters. The summed E-state index contributed by atoms with van der Waals surface area (Å²) in [5, 5.41) is 0.801. The van der Waals surface area contributed by atoms with Crippen LogP contribution in [-0.2, 0) is 10.9 Å². The van der Waals surface area contributed by atoms with E-state index < -0.39 is 0 Å². The SMILES string of the molecule is CC(C)[S+]1CC(C)(C)C#CC(C)(C)C1. The molecule has 1 aliphatic heterocycles. The molecule has 80 valence electrons. The van der Waals surface area contributed by atoms with E-state index in [4.69, 9.17) is 0 Å². The summed E-state index contributed by atoms with van der Waals surface area (Å²) in [5.74, 6) is 9.46. The summed E-state index contributed by atoms with van der Waals surface area (Å²) < 4.78 is 0. The summed E-state index contributed by atoms with van der Waals surface area (Å²) in [7, 11) is 0.522. The van der Waals surface area contributed by atoms with Gasteiger partial charge in [-0.15, -0.1) is 0 Å². The molecule has 0 aromatic carbocycles. The van der Waals surface area contributed by atoms with E-state index in [1.54, 1.807) is 0 Å². The van der Waals surface area contributed by atoms with Gasteiger partial charge in [0.2, 0.25) is 0 Å². The van der Waals surface area contributed by atoms with Crippen molar-refractivity contribution in [2.75, 3.05) is 11.5 Å². The first kappa shape index (κ1) is 12.0. The van der Waals surface area contributed by atoms with Crippen molar-refractivity contribution in [2.45, 2.75) is 46.8 Å². The summed E-state index contributed by atoms with van der Waals surface area (Å²) in [5.41, 5.74) is 0.447. The molecule has 0 saturated carbocycles. The molecule has 1 heteroatoms. The lowest BCUT2D eigenvalue weighted by Gasteiger charge is -2.21. The maximum absolute atomic E-state index is 3.45. The lowest BCUT2D eigenvalue weighted by molar-refractivity contribution is 0.574. The van der Waals surface area contributed by atoms with E-state index in [0.29, 0.717) is 10.9 Å². The van der Waals surface area contributed by atoms with Crippen molar-refractivity contribution in [2.24, 2.45) is 10.8 Å². The Morgan fingerprint density at radius 3 is 1.57 bits per heavy atom. The molecule has 0 saturated heterocycles. The van der Waals surface area contributed by atoms with Gasteiger partial charge in [-0.1, -0.05) is 11.8 Å². The highest BCUT2D eigenvalue weighted by molar-refractivity contribution is 7.97. The topological polar surface area (TPSA) is 0 Å². The van der Waals surface area contributed by atoms with Gasteiger partial charge in [-0.2, -0.15) is 0 Å². The van der Waals surface area contributed by atoms with Crippen molar-refractivity contribution < 1.29 is 0 Å². The predicted molar refractivity (Wildman–Crippen MR) is 67.6 cm³/mol. The van der Waals surface area contributed by atoms with E-state index in [9.17, 15) is 0 Å². The Balaban J connectivity index is 2.90. The van der Waals surface area contributed by atoms with Crippen LogP contribution in [0.1, 0.15) is 41.5 Å². The van der Waals surface area contributed by atoms with E-state index >= 15 is 0 Å². The molecule has 0 radical (unpaired) electrons. The van der Waals surface area contributed by atoms with Crippen LogP contribution >= 0.6 is 0 Å². The van der Waals surface area contributed by atoms with Crippen LogP contribution in [0.3, 0.4) is 0 Å². The maximum Gasteiger partial charge on any atom is 0.124 e. The molecule has 0 bridgehead atoms. The van der Waals surface area contributed by atoms with Crippen LogP contribution in [0.25, 0.3) is 0 Å². The zero-order chi connectivity index (χ0) is 11.0. The molecule has 1 rings (SSSR count).